The highest BCUT2D eigenvalue weighted by molar-refractivity contribution is 6.08. The zero-order chi connectivity index (χ0) is 27.1. The number of carboxylic acid groups (broad SMARTS) is 1. The molecule has 0 aromatic heterocycles. The van der Waals surface area contributed by atoms with Gasteiger partial charge in [-0.2, -0.15) is 0 Å². The van der Waals surface area contributed by atoms with Crippen LogP contribution in [0.15, 0.2) is 60.7 Å². The minimum Gasteiger partial charge on any atom is -0.507 e. The van der Waals surface area contributed by atoms with Crippen molar-refractivity contribution >= 4 is 23.5 Å². The Hall–Kier alpha value is -3.86. The van der Waals surface area contributed by atoms with Crippen molar-refractivity contribution in [3.8, 4) is 16.9 Å². The molecular formula is C32H35NO4. The molecular weight excluding hydrogens is 462 g/mol. The van der Waals surface area contributed by atoms with E-state index in [0.29, 0.717) is 11.1 Å². The summed E-state index contributed by atoms with van der Waals surface area (Å²) in [6, 6.07) is 16.8. The highest BCUT2D eigenvalue weighted by atomic mass is 16.4. The highest BCUT2D eigenvalue weighted by Crippen LogP contribution is 2.50. The van der Waals surface area contributed by atoms with Crippen LogP contribution in [0.1, 0.15) is 77.9 Å². The molecule has 0 spiro atoms. The van der Waals surface area contributed by atoms with Crippen LogP contribution in [0, 0.1) is 0 Å². The molecule has 1 aliphatic carbocycles. The predicted molar refractivity (Wildman–Crippen MR) is 150 cm³/mol. The molecule has 0 bridgehead atoms. The van der Waals surface area contributed by atoms with E-state index in [2.05, 4.69) is 56.9 Å². The number of aromatic carboxylic acids is 1. The van der Waals surface area contributed by atoms with Crippen molar-refractivity contribution in [2.24, 2.45) is 0 Å². The number of nitrogens with zero attached hydrogens (tertiary/aromatic N) is 1. The first-order valence-corrected chi connectivity index (χ1v) is 12.6. The number of fused-ring (bicyclic) bond motifs is 1. The van der Waals surface area contributed by atoms with Crippen molar-refractivity contribution in [1.82, 2.24) is 0 Å². The maximum atomic E-state index is 13.4. The first kappa shape index (κ1) is 26.2. The number of hydrogen-bond acceptors (Lipinski definition) is 4. The molecule has 5 heteroatoms. The average molecular weight is 498 g/mol. The fourth-order valence-corrected chi connectivity index (χ4v) is 5.20. The number of carbonyl (C=O) groups excluding carboxylic acids is 1. The van der Waals surface area contributed by atoms with Gasteiger partial charge in [0.2, 0.25) is 0 Å². The maximum Gasteiger partial charge on any atom is 0.339 e. The van der Waals surface area contributed by atoms with Gasteiger partial charge in [-0.15, -0.1) is 0 Å². The largest absolute Gasteiger partial charge is 0.507 e. The molecule has 0 saturated carbocycles. The number of phenols is 1. The summed E-state index contributed by atoms with van der Waals surface area (Å²) in [5, 5.41) is 19.1. The lowest BCUT2D eigenvalue weighted by atomic mass is 9.61. The van der Waals surface area contributed by atoms with Gasteiger partial charge in [0.1, 0.15) is 11.3 Å². The molecule has 0 radical (unpaired) electrons. The van der Waals surface area contributed by atoms with Gasteiger partial charge in [0.15, 0.2) is 5.78 Å². The van der Waals surface area contributed by atoms with E-state index >= 15 is 0 Å². The maximum absolute atomic E-state index is 13.4. The quantitative estimate of drug-likeness (QED) is 0.281. The van der Waals surface area contributed by atoms with Crippen molar-refractivity contribution in [1.29, 1.82) is 0 Å². The van der Waals surface area contributed by atoms with Crippen LogP contribution >= 0.6 is 0 Å². The number of hydrogen-bond donors (Lipinski definition) is 2. The molecule has 5 nitrogen and oxygen atoms in total. The van der Waals surface area contributed by atoms with E-state index in [4.69, 9.17) is 5.11 Å². The smallest absolute Gasteiger partial charge is 0.339 e. The Morgan fingerprint density at radius 2 is 1.54 bits per heavy atom. The molecule has 0 amide bonds. The van der Waals surface area contributed by atoms with Crippen molar-refractivity contribution in [2.75, 3.05) is 19.0 Å². The molecule has 192 valence electrons. The summed E-state index contributed by atoms with van der Waals surface area (Å²) in [6.45, 7) is 9.06. The molecule has 2 N–H and O–H groups in total. The van der Waals surface area contributed by atoms with Crippen LogP contribution in [0.3, 0.4) is 0 Å². The summed E-state index contributed by atoms with van der Waals surface area (Å²) < 4.78 is 0. The highest BCUT2D eigenvalue weighted by Gasteiger charge is 2.39. The van der Waals surface area contributed by atoms with Crippen molar-refractivity contribution < 1.29 is 19.8 Å². The number of allylic oxidation sites excluding steroid dienone is 1. The molecule has 3 aromatic carbocycles. The molecule has 4 rings (SSSR count). The van der Waals surface area contributed by atoms with Crippen LogP contribution in [0.4, 0.5) is 5.69 Å². The topological polar surface area (TPSA) is 77.8 Å². The van der Waals surface area contributed by atoms with E-state index < -0.39 is 5.97 Å². The van der Waals surface area contributed by atoms with Gasteiger partial charge in [-0.1, -0.05) is 52.0 Å². The fraction of sp³-hybridized carbons (Fsp3) is 0.312. The third-order valence-corrected chi connectivity index (χ3v) is 7.58. The van der Waals surface area contributed by atoms with Crippen LogP contribution in [0.5, 0.6) is 5.75 Å². The van der Waals surface area contributed by atoms with Gasteiger partial charge in [0.05, 0.1) is 0 Å². The Balaban J connectivity index is 1.81. The minimum absolute atomic E-state index is 0.0266. The summed E-state index contributed by atoms with van der Waals surface area (Å²) in [5.74, 6) is -1.67. The summed E-state index contributed by atoms with van der Waals surface area (Å²) in [4.78, 5) is 26.6. The number of ketones is 1. The van der Waals surface area contributed by atoms with Crippen molar-refractivity contribution in [2.45, 2.75) is 51.4 Å². The first-order valence-electron chi connectivity index (χ1n) is 12.6. The lowest BCUT2D eigenvalue weighted by molar-refractivity contribution is 0.0693. The second-order valence-electron chi connectivity index (χ2n) is 11.4. The van der Waals surface area contributed by atoms with E-state index in [1.807, 2.05) is 26.2 Å². The van der Waals surface area contributed by atoms with E-state index in [9.17, 15) is 14.7 Å². The molecule has 0 aliphatic heterocycles. The van der Waals surface area contributed by atoms with Crippen LogP contribution in [-0.4, -0.2) is 36.1 Å². The van der Waals surface area contributed by atoms with E-state index in [1.165, 1.54) is 29.3 Å². The Labute approximate surface area is 219 Å². The van der Waals surface area contributed by atoms with Gasteiger partial charge in [-0.25, -0.2) is 4.79 Å². The zero-order valence-corrected chi connectivity index (χ0v) is 22.4. The van der Waals surface area contributed by atoms with Crippen LogP contribution in [0.2, 0.25) is 0 Å². The number of benzene rings is 3. The summed E-state index contributed by atoms with van der Waals surface area (Å²) in [5.41, 5.74) is 6.68. The molecule has 0 saturated heterocycles. The molecule has 0 fully saturated rings. The molecule has 3 aromatic rings. The number of aromatic hydroxyl groups is 1. The summed E-state index contributed by atoms with van der Waals surface area (Å²) in [6.07, 6.45) is 5.19. The lowest BCUT2D eigenvalue weighted by Gasteiger charge is -2.43. The van der Waals surface area contributed by atoms with Crippen LogP contribution < -0.4 is 4.90 Å². The normalized spacial score (nSPS) is 15.8. The Morgan fingerprint density at radius 3 is 2.14 bits per heavy atom. The van der Waals surface area contributed by atoms with Crippen LogP contribution in [-0.2, 0) is 10.8 Å². The van der Waals surface area contributed by atoms with Crippen LogP contribution in [0.25, 0.3) is 17.2 Å². The van der Waals surface area contributed by atoms with Gasteiger partial charge in [0.25, 0.3) is 0 Å². The van der Waals surface area contributed by atoms with Crippen molar-refractivity contribution in [3.05, 3.63) is 88.5 Å². The van der Waals surface area contributed by atoms with Crippen molar-refractivity contribution in [3.63, 3.8) is 0 Å². The SMILES string of the molecule is CN(C)c1ccc(-c2cc(C(=O)/C=C/c3ccc(C(=O)O)c(O)c3)cc3c2C(C)(C)CCC3(C)C)cc1. The van der Waals surface area contributed by atoms with Gasteiger partial charge < -0.3 is 15.1 Å². The van der Waals surface area contributed by atoms with E-state index in [0.717, 1.165) is 29.7 Å². The van der Waals surface area contributed by atoms with Gasteiger partial charge in [-0.05, 0) is 94.0 Å². The van der Waals surface area contributed by atoms with E-state index in [1.54, 1.807) is 12.1 Å². The first-order chi connectivity index (χ1) is 17.3. The lowest BCUT2D eigenvalue weighted by Crippen LogP contribution is -2.34. The van der Waals surface area contributed by atoms with Gasteiger partial charge in [-0.3, -0.25) is 4.79 Å². The molecule has 37 heavy (non-hydrogen) atoms. The third-order valence-electron chi connectivity index (χ3n) is 7.58. The number of anilines is 1. The van der Waals surface area contributed by atoms with Gasteiger partial charge in [0, 0.05) is 25.3 Å². The number of carbonyl (C=O) groups is 2. The number of rotatable bonds is 6. The summed E-state index contributed by atoms with van der Waals surface area (Å²) >= 11 is 0. The molecule has 0 heterocycles. The molecule has 0 unspecified atom stereocenters. The Kier molecular flexibility index (Phi) is 6.76. The van der Waals surface area contributed by atoms with Gasteiger partial charge >= 0.3 is 5.97 Å². The minimum atomic E-state index is -1.20. The predicted octanol–water partition coefficient (Wildman–Crippen LogP) is 7.07. The monoisotopic (exact) mass is 497 g/mol. The molecule has 1 aliphatic rings. The summed E-state index contributed by atoms with van der Waals surface area (Å²) in [7, 11) is 4.03. The Bertz CT molecular complexity index is 1400. The fourth-order valence-electron chi connectivity index (χ4n) is 5.20. The Morgan fingerprint density at radius 1 is 0.892 bits per heavy atom. The second-order valence-corrected chi connectivity index (χ2v) is 11.4. The second kappa shape index (κ2) is 9.55. The molecule has 0 atom stereocenters. The third kappa shape index (κ3) is 5.17. The average Bonchev–Trinajstić information content (AvgIpc) is 2.84. The zero-order valence-electron chi connectivity index (χ0n) is 22.4. The standard InChI is InChI=1S/C32H35NO4/c1-31(2)15-16-32(3,4)29-25(21-9-11-23(12-10-21)33(5)6)18-22(19-26(29)31)27(34)14-8-20-7-13-24(30(36)37)28(35)17-20/h7-14,17-19,35H,15-16H2,1-6H3,(H,36,37)/b14-8+. The van der Waals surface area contributed by atoms with E-state index in [-0.39, 0.29) is 27.9 Å². The number of carboxylic acids is 1.